The number of hydrogen-bond acceptors (Lipinski definition) is 3. The molecule has 4 heteroatoms. The number of aliphatic hydroxyl groups is 1. The molecule has 0 spiro atoms. The van der Waals surface area contributed by atoms with Crippen LogP contribution in [0.5, 0.6) is 5.75 Å². The molecule has 2 N–H and O–H groups in total. The fourth-order valence-electron chi connectivity index (χ4n) is 2.01. The van der Waals surface area contributed by atoms with Gasteiger partial charge < -0.3 is 27.6 Å². The Morgan fingerprint density at radius 2 is 2.21 bits per heavy atom. The van der Waals surface area contributed by atoms with Crippen LogP contribution in [0.3, 0.4) is 0 Å². The molecule has 19 heavy (non-hydrogen) atoms. The van der Waals surface area contributed by atoms with E-state index in [1.165, 1.54) is 11.1 Å². The molecule has 2 rings (SSSR count). The van der Waals surface area contributed by atoms with Gasteiger partial charge in [0.25, 0.3) is 0 Å². The topological polar surface area (TPSA) is 41.5 Å². The van der Waals surface area contributed by atoms with Crippen molar-refractivity contribution in [3.63, 3.8) is 0 Å². The van der Waals surface area contributed by atoms with Gasteiger partial charge in [-0.2, -0.15) is 0 Å². The highest BCUT2D eigenvalue weighted by atomic mass is 35.5. The van der Waals surface area contributed by atoms with E-state index in [1.54, 1.807) is 0 Å². The average molecular weight is 284 g/mol. The van der Waals surface area contributed by atoms with Crippen molar-refractivity contribution >= 4 is 6.08 Å². The molecular formula is C15H22ClNO2. The van der Waals surface area contributed by atoms with Gasteiger partial charge in [-0.25, -0.2) is 0 Å². The van der Waals surface area contributed by atoms with Gasteiger partial charge in [-0.05, 0) is 18.1 Å². The minimum absolute atomic E-state index is 0. The SMILES string of the molecule is CC(C)NCC(O)COc1cccc2c1CC=C2.[Cl-].[H+]. The lowest BCUT2D eigenvalue weighted by molar-refractivity contribution is -0.00000557. The summed E-state index contributed by atoms with van der Waals surface area (Å²) in [6.07, 6.45) is 4.69. The molecule has 0 radical (unpaired) electrons. The summed E-state index contributed by atoms with van der Waals surface area (Å²) in [5.74, 6) is 0.890. The van der Waals surface area contributed by atoms with Crippen LogP contribution in [0.25, 0.3) is 6.08 Å². The summed E-state index contributed by atoms with van der Waals surface area (Å²) in [5, 5.41) is 13.0. The zero-order valence-electron chi connectivity index (χ0n) is 12.4. The van der Waals surface area contributed by atoms with E-state index in [1.807, 2.05) is 12.1 Å². The highest BCUT2D eigenvalue weighted by Crippen LogP contribution is 2.28. The third kappa shape index (κ3) is 4.53. The molecular weight excluding hydrogens is 262 g/mol. The quantitative estimate of drug-likeness (QED) is 0.712. The number of benzene rings is 1. The maximum Gasteiger partial charge on any atom is 1.00 e. The Hall–Kier alpha value is -1.03. The van der Waals surface area contributed by atoms with Crippen LogP contribution in [0.4, 0.5) is 0 Å². The molecule has 106 valence electrons. The standard InChI is InChI=1S/C15H21NO2.ClH/c1-11(2)16-9-13(17)10-18-15-8-4-6-12-5-3-7-14(12)15;/h3-6,8,11,13,16-17H,7,9-10H2,1-2H3;1H. The lowest BCUT2D eigenvalue weighted by Gasteiger charge is -2.16. The minimum Gasteiger partial charge on any atom is -1.00 e. The van der Waals surface area contributed by atoms with E-state index in [9.17, 15) is 5.11 Å². The first-order chi connectivity index (χ1) is 8.66. The number of aliphatic hydroxyl groups excluding tert-OH is 1. The predicted octanol–water partition coefficient (Wildman–Crippen LogP) is -0.890. The monoisotopic (exact) mass is 283 g/mol. The molecule has 3 nitrogen and oxygen atoms in total. The molecule has 0 amide bonds. The van der Waals surface area contributed by atoms with E-state index in [4.69, 9.17) is 4.74 Å². The van der Waals surface area contributed by atoms with Crippen LogP contribution in [0.1, 0.15) is 26.4 Å². The maximum absolute atomic E-state index is 9.80. The van der Waals surface area contributed by atoms with Crippen molar-refractivity contribution in [2.75, 3.05) is 13.2 Å². The number of nitrogens with one attached hydrogen (secondary N) is 1. The molecule has 0 saturated carbocycles. The highest BCUT2D eigenvalue weighted by Gasteiger charge is 2.12. The van der Waals surface area contributed by atoms with Gasteiger partial charge in [-0.1, -0.05) is 38.1 Å². The van der Waals surface area contributed by atoms with E-state index >= 15 is 0 Å². The highest BCUT2D eigenvalue weighted by molar-refractivity contribution is 5.63. The molecule has 0 aliphatic heterocycles. The van der Waals surface area contributed by atoms with Crippen LogP contribution < -0.4 is 22.5 Å². The summed E-state index contributed by atoms with van der Waals surface area (Å²) in [6.45, 7) is 5.01. The van der Waals surface area contributed by atoms with Crippen LogP contribution in [0, 0.1) is 0 Å². The lowest BCUT2D eigenvalue weighted by atomic mass is 10.1. The molecule has 1 atom stereocenters. The normalized spacial score (nSPS) is 14.1. The number of hydrogen-bond donors (Lipinski definition) is 2. The Bertz CT molecular complexity index is 438. The minimum atomic E-state index is -0.474. The van der Waals surface area contributed by atoms with Crippen LogP contribution in [0.2, 0.25) is 0 Å². The summed E-state index contributed by atoms with van der Waals surface area (Å²) in [6, 6.07) is 6.42. The van der Waals surface area contributed by atoms with Crippen molar-refractivity contribution in [2.45, 2.75) is 32.4 Å². The largest absolute Gasteiger partial charge is 1.00 e. The zero-order valence-corrected chi connectivity index (χ0v) is 12.2. The van der Waals surface area contributed by atoms with Crippen LogP contribution in [-0.4, -0.2) is 30.4 Å². The third-order valence-electron chi connectivity index (χ3n) is 2.98. The second-order valence-electron chi connectivity index (χ2n) is 4.96. The fourth-order valence-corrected chi connectivity index (χ4v) is 2.01. The Labute approximate surface area is 122 Å². The van der Waals surface area contributed by atoms with Crippen molar-refractivity contribution in [1.82, 2.24) is 5.32 Å². The molecule has 0 saturated heterocycles. The first-order valence-corrected chi connectivity index (χ1v) is 6.49. The predicted molar refractivity (Wildman–Crippen MR) is 74.9 cm³/mol. The van der Waals surface area contributed by atoms with Gasteiger partial charge in [0.2, 0.25) is 0 Å². The van der Waals surface area contributed by atoms with Gasteiger partial charge in [0.05, 0.1) is 0 Å². The summed E-state index contributed by atoms with van der Waals surface area (Å²) in [5.41, 5.74) is 2.45. The van der Waals surface area contributed by atoms with E-state index in [0.29, 0.717) is 19.2 Å². The molecule has 1 aromatic rings. The Balaban J connectivity index is 0.00000180. The molecule has 1 aromatic carbocycles. The van der Waals surface area contributed by atoms with E-state index < -0.39 is 6.10 Å². The molecule has 0 bridgehead atoms. The Morgan fingerprint density at radius 3 is 2.95 bits per heavy atom. The Morgan fingerprint density at radius 1 is 1.42 bits per heavy atom. The van der Waals surface area contributed by atoms with Crippen molar-refractivity contribution in [1.29, 1.82) is 0 Å². The molecule has 0 heterocycles. The van der Waals surface area contributed by atoms with Gasteiger partial charge >= 0.3 is 1.43 Å². The zero-order chi connectivity index (χ0) is 13.0. The number of halogens is 1. The third-order valence-corrected chi connectivity index (χ3v) is 2.98. The van der Waals surface area contributed by atoms with Gasteiger partial charge in [-0.15, -0.1) is 0 Å². The van der Waals surface area contributed by atoms with Gasteiger partial charge in [-0.3, -0.25) is 0 Å². The van der Waals surface area contributed by atoms with Crippen molar-refractivity contribution in [3.8, 4) is 5.75 Å². The summed E-state index contributed by atoms with van der Waals surface area (Å²) in [4.78, 5) is 0. The van der Waals surface area contributed by atoms with Crippen molar-refractivity contribution in [2.24, 2.45) is 0 Å². The number of allylic oxidation sites excluding steroid dienone is 1. The second-order valence-corrected chi connectivity index (χ2v) is 4.96. The summed E-state index contributed by atoms with van der Waals surface area (Å²) in [7, 11) is 0. The van der Waals surface area contributed by atoms with Crippen LogP contribution >= 0.6 is 0 Å². The van der Waals surface area contributed by atoms with Gasteiger partial charge in [0.1, 0.15) is 18.5 Å². The summed E-state index contributed by atoms with van der Waals surface area (Å²) >= 11 is 0. The average Bonchev–Trinajstić information content (AvgIpc) is 2.82. The first kappa shape index (κ1) is 16.0. The van der Waals surface area contributed by atoms with Gasteiger partial charge in [0.15, 0.2) is 0 Å². The molecule has 0 fully saturated rings. The van der Waals surface area contributed by atoms with E-state index in [0.717, 1.165) is 12.2 Å². The number of fused-ring (bicyclic) bond motifs is 1. The maximum atomic E-state index is 9.80. The lowest BCUT2D eigenvalue weighted by Crippen LogP contribution is -3.00. The molecule has 1 aliphatic rings. The Kier molecular flexibility index (Phi) is 6.35. The molecule has 0 aromatic heterocycles. The first-order valence-electron chi connectivity index (χ1n) is 6.49. The number of rotatable bonds is 6. The fraction of sp³-hybridized carbons (Fsp3) is 0.467. The van der Waals surface area contributed by atoms with E-state index in [2.05, 4.69) is 37.4 Å². The van der Waals surface area contributed by atoms with Crippen LogP contribution in [-0.2, 0) is 6.42 Å². The smallest absolute Gasteiger partial charge is 1.00 e. The molecule has 1 aliphatic carbocycles. The van der Waals surface area contributed by atoms with E-state index in [-0.39, 0.29) is 13.8 Å². The van der Waals surface area contributed by atoms with Crippen LogP contribution in [0.15, 0.2) is 24.3 Å². The summed E-state index contributed by atoms with van der Waals surface area (Å²) < 4.78 is 5.71. The van der Waals surface area contributed by atoms with Crippen molar-refractivity contribution in [3.05, 3.63) is 35.4 Å². The van der Waals surface area contributed by atoms with Gasteiger partial charge in [0, 0.05) is 18.2 Å². The van der Waals surface area contributed by atoms with Crippen molar-refractivity contribution < 1.29 is 23.7 Å². The second kappa shape index (κ2) is 7.53. The number of ether oxygens (including phenoxy) is 1. The molecule has 1 unspecified atom stereocenters.